The molecule has 2 N–H and O–H groups in total. The third-order valence-corrected chi connectivity index (χ3v) is 2.38. The lowest BCUT2D eigenvalue weighted by Gasteiger charge is -2.29. The molecule has 1 saturated heterocycles. The van der Waals surface area contributed by atoms with Gasteiger partial charge in [0.15, 0.2) is 0 Å². The van der Waals surface area contributed by atoms with Gasteiger partial charge in [-0.1, -0.05) is 0 Å². The number of thioether (sulfide) groups is 1. The maximum Gasteiger partial charge on any atom is 0.122 e. The second-order valence-electron chi connectivity index (χ2n) is 1.76. The molecule has 1 fully saturated rings. The first-order valence-corrected chi connectivity index (χ1v) is 3.20. The van der Waals surface area contributed by atoms with Gasteiger partial charge in [-0.3, -0.25) is 0 Å². The summed E-state index contributed by atoms with van der Waals surface area (Å²) < 4.78 is 0. The van der Waals surface area contributed by atoms with Gasteiger partial charge >= 0.3 is 0 Å². The van der Waals surface area contributed by atoms with Crippen LogP contribution in [0.5, 0.6) is 0 Å². The van der Waals surface area contributed by atoms with Gasteiger partial charge in [-0.15, -0.1) is 12.4 Å². The molecule has 0 aromatic rings. The van der Waals surface area contributed by atoms with Crippen LogP contribution in [0.4, 0.5) is 0 Å². The van der Waals surface area contributed by atoms with Crippen molar-refractivity contribution in [3.05, 3.63) is 0 Å². The van der Waals surface area contributed by atoms with Crippen LogP contribution < -0.4 is 5.73 Å². The Labute approximate surface area is 58.8 Å². The molecule has 0 spiro atoms. The van der Waals surface area contributed by atoms with Gasteiger partial charge in [0, 0.05) is 11.5 Å². The van der Waals surface area contributed by atoms with E-state index in [0.29, 0.717) is 0 Å². The highest BCUT2D eigenvalue weighted by Gasteiger charge is 2.32. The van der Waals surface area contributed by atoms with Crippen molar-refractivity contribution in [2.45, 2.75) is 5.54 Å². The van der Waals surface area contributed by atoms with Gasteiger partial charge in [0.05, 0.1) is 6.07 Å². The van der Waals surface area contributed by atoms with E-state index in [1.54, 1.807) is 11.8 Å². The molecule has 0 aromatic heterocycles. The normalized spacial score (nSPS) is 22.0. The lowest BCUT2D eigenvalue weighted by Crippen LogP contribution is -2.50. The van der Waals surface area contributed by atoms with Crippen molar-refractivity contribution in [1.29, 1.82) is 5.26 Å². The Bertz CT molecular complexity index is 116. The SMILES string of the molecule is Cl.N#CC1(N)CSC1. The summed E-state index contributed by atoms with van der Waals surface area (Å²) in [6.45, 7) is 0. The molecule has 1 rings (SSSR count). The topological polar surface area (TPSA) is 49.8 Å². The van der Waals surface area contributed by atoms with Crippen LogP contribution in [0, 0.1) is 11.3 Å². The zero-order valence-corrected chi connectivity index (χ0v) is 5.89. The first kappa shape index (κ1) is 8.09. The summed E-state index contributed by atoms with van der Waals surface area (Å²) in [5.41, 5.74) is 4.95. The third-order valence-electron chi connectivity index (χ3n) is 0.942. The van der Waals surface area contributed by atoms with Crippen molar-refractivity contribution in [1.82, 2.24) is 0 Å². The predicted octanol–water partition coefficient (Wildman–Crippen LogP) is 0.376. The second kappa shape index (κ2) is 2.58. The monoisotopic (exact) mass is 150 g/mol. The number of halogens is 1. The summed E-state index contributed by atoms with van der Waals surface area (Å²) in [6.07, 6.45) is 0. The maximum absolute atomic E-state index is 8.26. The van der Waals surface area contributed by atoms with Crippen molar-refractivity contribution in [3.63, 3.8) is 0 Å². The number of rotatable bonds is 0. The Balaban J connectivity index is 0.000000490. The molecule has 8 heavy (non-hydrogen) atoms. The van der Waals surface area contributed by atoms with Crippen molar-refractivity contribution < 1.29 is 0 Å². The summed E-state index contributed by atoms with van der Waals surface area (Å²) >= 11 is 1.72. The molecule has 0 saturated carbocycles. The van der Waals surface area contributed by atoms with Gasteiger partial charge in [0.2, 0.25) is 0 Å². The Kier molecular flexibility index (Phi) is 2.61. The van der Waals surface area contributed by atoms with Crippen molar-refractivity contribution >= 4 is 24.2 Å². The maximum atomic E-state index is 8.26. The van der Waals surface area contributed by atoms with Gasteiger partial charge in [-0.25, -0.2) is 0 Å². The fourth-order valence-corrected chi connectivity index (χ4v) is 1.16. The van der Waals surface area contributed by atoms with Gasteiger partial charge in [-0.05, 0) is 0 Å². The average Bonchev–Trinajstić information content (AvgIpc) is 1.61. The fourth-order valence-electron chi connectivity index (χ4n) is 0.387. The summed E-state index contributed by atoms with van der Waals surface area (Å²) in [6, 6.07) is 2.03. The zero-order chi connectivity index (χ0) is 5.33. The van der Waals surface area contributed by atoms with E-state index >= 15 is 0 Å². The van der Waals surface area contributed by atoms with Crippen molar-refractivity contribution in [3.8, 4) is 6.07 Å². The van der Waals surface area contributed by atoms with Crippen molar-refractivity contribution in [2.75, 3.05) is 11.5 Å². The van der Waals surface area contributed by atoms with E-state index in [0.717, 1.165) is 11.5 Å². The smallest absolute Gasteiger partial charge is 0.122 e. The summed E-state index contributed by atoms with van der Waals surface area (Å²) in [7, 11) is 0. The molecule has 1 aliphatic rings. The van der Waals surface area contributed by atoms with Crippen LogP contribution >= 0.6 is 24.2 Å². The van der Waals surface area contributed by atoms with Gasteiger partial charge in [0.25, 0.3) is 0 Å². The molecule has 0 radical (unpaired) electrons. The van der Waals surface area contributed by atoms with E-state index in [2.05, 4.69) is 0 Å². The Hall–Kier alpha value is 0.0900. The first-order valence-electron chi connectivity index (χ1n) is 2.05. The highest BCUT2D eigenvalue weighted by atomic mass is 35.5. The van der Waals surface area contributed by atoms with Crippen LogP contribution in [-0.4, -0.2) is 17.0 Å². The van der Waals surface area contributed by atoms with Crippen LogP contribution in [-0.2, 0) is 0 Å². The van der Waals surface area contributed by atoms with Crippen molar-refractivity contribution in [2.24, 2.45) is 5.73 Å². The van der Waals surface area contributed by atoms with E-state index < -0.39 is 5.54 Å². The van der Waals surface area contributed by atoms with Crippen LogP contribution in [0.15, 0.2) is 0 Å². The quantitative estimate of drug-likeness (QED) is 0.543. The van der Waals surface area contributed by atoms with Crippen LogP contribution in [0.3, 0.4) is 0 Å². The van der Waals surface area contributed by atoms with E-state index in [-0.39, 0.29) is 12.4 Å². The van der Waals surface area contributed by atoms with E-state index in [4.69, 9.17) is 11.0 Å². The second-order valence-corrected chi connectivity index (χ2v) is 2.75. The summed E-state index contributed by atoms with van der Waals surface area (Å²) in [5, 5.41) is 8.26. The number of nitrogens with two attached hydrogens (primary N) is 1. The highest BCUT2D eigenvalue weighted by Crippen LogP contribution is 2.25. The summed E-state index contributed by atoms with van der Waals surface area (Å²) in [4.78, 5) is 0. The molecule has 0 aliphatic carbocycles. The number of nitrogens with zero attached hydrogens (tertiary/aromatic N) is 1. The minimum absolute atomic E-state index is 0. The molecular weight excluding hydrogens is 144 g/mol. The lowest BCUT2D eigenvalue weighted by atomic mass is 10.1. The molecule has 1 aliphatic heterocycles. The van der Waals surface area contributed by atoms with Crippen LogP contribution in [0.1, 0.15) is 0 Å². The van der Waals surface area contributed by atoms with Gasteiger partial charge < -0.3 is 5.73 Å². The molecule has 0 bridgehead atoms. The van der Waals surface area contributed by atoms with E-state index in [1.807, 2.05) is 6.07 Å². The first-order chi connectivity index (χ1) is 3.27. The highest BCUT2D eigenvalue weighted by molar-refractivity contribution is 8.00. The third kappa shape index (κ3) is 1.28. The summed E-state index contributed by atoms with van der Waals surface area (Å²) in [5.74, 6) is 1.62. The standard InChI is InChI=1S/C4H6N2S.ClH/c5-1-4(6)2-7-3-4;/h2-3,6H2;1H. The molecule has 0 amide bonds. The van der Waals surface area contributed by atoms with Crippen LogP contribution in [0.25, 0.3) is 0 Å². The number of hydrogen-bond donors (Lipinski definition) is 1. The number of nitriles is 1. The van der Waals surface area contributed by atoms with Gasteiger partial charge in [-0.2, -0.15) is 17.0 Å². The molecular formula is C4H7ClN2S. The molecule has 46 valence electrons. The fraction of sp³-hybridized carbons (Fsp3) is 0.750. The molecule has 4 heteroatoms. The molecule has 1 heterocycles. The molecule has 0 atom stereocenters. The number of hydrogen-bond acceptors (Lipinski definition) is 3. The Morgan fingerprint density at radius 1 is 1.62 bits per heavy atom. The average molecular weight is 151 g/mol. The van der Waals surface area contributed by atoms with Gasteiger partial charge in [0.1, 0.15) is 5.54 Å². The Morgan fingerprint density at radius 3 is 2.12 bits per heavy atom. The largest absolute Gasteiger partial charge is 0.312 e. The molecule has 2 nitrogen and oxygen atoms in total. The van der Waals surface area contributed by atoms with E-state index in [9.17, 15) is 0 Å². The minimum Gasteiger partial charge on any atom is -0.312 e. The minimum atomic E-state index is -0.468. The lowest BCUT2D eigenvalue weighted by molar-refractivity contribution is 0.659. The zero-order valence-electron chi connectivity index (χ0n) is 4.26. The molecule has 0 unspecified atom stereocenters. The Morgan fingerprint density at radius 2 is 2.12 bits per heavy atom. The molecule has 0 aromatic carbocycles. The van der Waals surface area contributed by atoms with Crippen LogP contribution in [0.2, 0.25) is 0 Å². The van der Waals surface area contributed by atoms with E-state index in [1.165, 1.54) is 0 Å². The predicted molar refractivity (Wildman–Crippen MR) is 37.1 cm³/mol.